The fourth-order valence-electron chi connectivity index (χ4n) is 3.95. The lowest BCUT2D eigenvalue weighted by atomic mass is 10.1. The molecule has 2 N–H and O–H groups in total. The first kappa shape index (κ1) is 28.9. The van der Waals surface area contributed by atoms with Crippen LogP contribution in [0.3, 0.4) is 0 Å². The van der Waals surface area contributed by atoms with E-state index < -0.39 is 10.1 Å². The van der Waals surface area contributed by atoms with Crippen molar-refractivity contribution >= 4 is 61.5 Å². The van der Waals surface area contributed by atoms with Gasteiger partial charge in [0.05, 0.1) is 39.0 Å². The number of aromatic hydroxyl groups is 1. The zero-order valence-electron chi connectivity index (χ0n) is 22.4. The standard InChI is InChI=1S/C30H22N6O6S/c1-19-16-22(6-13-28(19)34-31-21-4-9-24(10-5-21)42-18-37)33-36-30-15-14-29(35-32-20-2-7-23(38)8-3-20)26-12-11-25(17-27(26)30)43(39,40)41/h2-18,38H,1H3,(H,39,40,41). The van der Waals surface area contributed by atoms with E-state index in [1.165, 1.54) is 30.3 Å². The van der Waals surface area contributed by atoms with E-state index in [9.17, 15) is 22.9 Å². The number of fused-ring (bicyclic) bond motifs is 1. The topological polar surface area (TPSA) is 175 Å². The maximum absolute atomic E-state index is 11.8. The van der Waals surface area contributed by atoms with Crippen LogP contribution in [-0.2, 0) is 14.9 Å². The summed E-state index contributed by atoms with van der Waals surface area (Å²) < 4.78 is 38.1. The lowest BCUT2D eigenvalue weighted by Gasteiger charge is -2.07. The summed E-state index contributed by atoms with van der Waals surface area (Å²) in [5, 5.41) is 36.0. The molecule has 0 spiro atoms. The first-order chi connectivity index (χ1) is 20.7. The van der Waals surface area contributed by atoms with Gasteiger partial charge in [-0.2, -0.15) is 28.9 Å². The molecule has 0 atom stereocenters. The van der Waals surface area contributed by atoms with Crippen LogP contribution in [0.15, 0.2) is 133 Å². The Balaban J connectivity index is 1.43. The van der Waals surface area contributed by atoms with Gasteiger partial charge in [-0.1, -0.05) is 6.07 Å². The van der Waals surface area contributed by atoms with E-state index in [0.29, 0.717) is 57.1 Å². The average molecular weight is 595 g/mol. The first-order valence-electron chi connectivity index (χ1n) is 12.6. The van der Waals surface area contributed by atoms with Gasteiger partial charge in [0.15, 0.2) is 0 Å². The Bertz CT molecular complexity index is 2010. The van der Waals surface area contributed by atoms with Gasteiger partial charge in [-0.05, 0) is 103 Å². The van der Waals surface area contributed by atoms with Crippen molar-refractivity contribution in [3.05, 3.63) is 103 Å². The SMILES string of the molecule is Cc1cc(N=Nc2ccc(N=Nc3ccc(O)cc3)c3ccc(S(=O)(=O)O)cc23)ccc1N=Nc1ccc(OC=O)cc1. The molecule has 0 amide bonds. The molecule has 0 heterocycles. The zero-order valence-corrected chi connectivity index (χ0v) is 23.3. The average Bonchev–Trinajstić information content (AvgIpc) is 2.99. The largest absolute Gasteiger partial charge is 0.508 e. The van der Waals surface area contributed by atoms with E-state index >= 15 is 0 Å². The number of hydrogen-bond donors (Lipinski definition) is 2. The Kier molecular flexibility index (Phi) is 8.36. The molecule has 5 rings (SSSR count). The van der Waals surface area contributed by atoms with E-state index in [1.54, 1.807) is 66.7 Å². The smallest absolute Gasteiger partial charge is 0.298 e. The summed E-state index contributed by atoms with van der Waals surface area (Å²) in [7, 11) is -4.48. The van der Waals surface area contributed by atoms with Crippen molar-refractivity contribution in [2.45, 2.75) is 11.8 Å². The van der Waals surface area contributed by atoms with Gasteiger partial charge in [-0.3, -0.25) is 9.35 Å². The predicted octanol–water partition coefficient (Wildman–Crippen LogP) is 8.88. The molecule has 214 valence electrons. The number of hydrogen-bond acceptors (Lipinski definition) is 11. The lowest BCUT2D eigenvalue weighted by Crippen LogP contribution is -1.97. The van der Waals surface area contributed by atoms with Crippen LogP contribution < -0.4 is 4.74 Å². The molecule has 0 aliphatic rings. The second kappa shape index (κ2) is 12.5. The molecule has 5 aromatic carbocycles. The third kappa shape index (κ3) is 7.16. The van der Waals surface area contributed by atoms with Gasteiger partial charge in [0.2, 0.25) is 0 Å². The number of phenols is 1. The quantitative estimate of drug-likeness (QED) is 0.0978. The van der Waals surface area contributed by atoms with E-state index in [1.807, 2.05) is 6.92 Å². The normalized spacial score (nSPS) is 12.0. The van der Waals surface area contributed by atoms with Crippen molar-refractivity contribution in [1.82, 2.24) is 0 Å². The zero-order chi connectivity index (χ0) is 30.4. The highest BCUT2D eigenvalue weighted by atomic mass is 32.2. The molecular formula is C30H22N6O6S. The molecule has 5 aromatic rings. The second-order valence-corrected chi connectivity index (χ2v) is 10.5. The molecule has 0 aliphatic heterocycles. The van der Waals surface area contributed by atoms with Crippen molar-refractivity contribution in [1.29, 1.82) is 0 Å². The molecule has 0 saturated heterocycles. The molecule has 12 nitrogen and oxygen atoms in total. The Hall–Kier alpha value is -5.66. The van der Waals surface area contributed by atoms with Crippen molar-refractivity contribution in [2.75, 3.05) is 0 Å². The number of benzene rings is 5. The minimum atomic E-state index is -4.48. The predicted molar refractivity (Wildman–Crippen MR) is 159 cm³/mol. The molecule has 0 aliphatic carbocycles. The van der Waals surface area contributed by atoms with Crippen LogP contribution in [0.1, 0.15) is 5.56 Å². The minimum absolute atomic E-state index is 0.0976. The fourth-order valence-corrected chi connectivity index (χ4v) is 4.45. The number of azo groups is 3. The van der Waals surface area contributed by atoms with Crippen LogP contribution in [0.2, 0.25) is 0 Å². The van der Waals surface area contributed by atoms with E-state index in [-0.39, 0.29) is 10.6 Å². The number of ether oxygens (including phenoxy) is 1. The molecule has 0 unspecified atom stereocenters. The van der Waals surface area contributed by atoms with Gasteiger partial charge in [0.1, 0.15) is 11.5 Å². The summed E-state index contributed by atoms with van der Waals surface area (Å²) in [4.78, 5) is 10.1. The third-order valence-electron chi connectivity index (χ3n) is 6.11. The number of rotatable bonds is 9. The molecule has 0 fully saturated rings. The Morgan fingerprint density at radius 3 is 1.77 bits per heavy atom. The molecule has 0 bridgehead atoms. The summed E-state index contributed by atoms with van der Waals surface area (Å²) in [6.07, 6.45) is 0. The fraction of sp³-hybridized carbons (Fsp3) is 0.0333. The highest BCUT2D eigenvalue weighted by molar-refractivity contribution is 7.85. The maximum Gasteiger partial charge on any atom is 0.298 e. The van der Waals surface area contributed by atoms with Crippen LogP contribution in [0.4, 0.5) is 34.1 Å². The molecule has 0 aromatic heterocycles. The van der Waals surface area contributed by atoms with Crippen molar-refractivity contribution in [3.63, 3.8) is 0 Å². The number of carbonyl (C=O) groups is 1. The Labute approximate surface area is 245 Å². The van der Waals surface area contributed by atoms with Crippen molar-refractivity contribution in [3.8, 4) is 11.5 Å². The second-order valence-electron chi connectivity index (χ2n) is 9.08. The summed E-state index contributed by atoms with van der Waals surface area (Å²) in [6.45, 7) is 2.19. The number of phenolic OH excluding ortho intramolecular Hbond substituents is 1. The van der Waals surface area contributed by atoms with E-state index in [0.717, 1.165) is 5.56 Å². The van der Waals surface area contributed by atoms with Crippen LogP contribution in [0, 0.1) is 6.92 Å². The third-order valence-corrected chi connectivity index (χ3v) is 6.96. The molecule has 43 heavy (non-hydrogen) atoms. The molecule has 0 radical (unpaired) electrons. The minimum Gasteiger partial charge on any atom is -0.508 e. The lowest BCUT2D eigenvalue weighted by molar-refractivity contribution is -0.120. The van der Waals surface area contributed by atoms with Crippen LogP contribution in [-0.4, -0.2) is 24.5 Å². The molecular weight excluding hydrogens is 572 g/mol. The van der Waals surface area contributed by atoms with Crippen molar-refractivity contribution in [2.24, 2.45) is 30.7 Å². The highest BCUT2D eigenvalue weighted by Crippen LogP contribution is 2.37. The number of nitrogens with zero attached hydrogens (tertiary/aromatic N) is 6. The van der Waals surface area contributed by atoms with Gasteiger partial charge < -0.3 is 9.84 Å². The van der Waals surface area contributed by atoms with Gasteiger partial charge in [0.25, 0.3) is 16.6 Å². The Morgan fingerprint density at radius 2 is 1.16 bits per heavy atom. The summed E-state index contributed by atoms with van der Waals surface area (Å²) in [6, 6.07) is 25.3. The number of carbonyl (C=O) groups excluding carboxylic acids is 1. The Morgan fingerprint density at radius 1 is 0.628 bits per heavy atom. The molecule has 13 heteroatoms. The summed E-state index contributed by atoms with van der Waals surface area (Å²) in [5.74, 6) is 0.496. The van der Waals surface area contributed by atoms with Gasteiger partial charge in [0, 0.05) is 10.8 Å². The first-order valence-corrected chi connectivity index (χ1v) is 14.0. The maximum atomic E-state index is 11.8. The van der Waals surface area contributed by atoms with E-state index in [4.69, 9.17) is 4.74 Å². The van der Waals surface area contributed by atoms with Crippen LogP contribution in [0.5, 0.6) is 11.5 Å². The van der Waals surface area contributed by atoms with Gasteiger partial charge >= 0.3 is 0 Å². The van der Waals surface area contributed by atoms with Crippen LogP contribution >= 0.6 is 0 Å². The monoisotopic (exact) mass is 594 g/mol. The van der Waals surface area contributed by atoms with E-state index in [2.05, 4.69) is 30.7 Å². The number of aryl methyl sites for hydroxylation is 1. The summed E-state index contributed by atoms with van der Waals surface area (Å²) >= 11 is 0. The summed E-state index contributed by atoms with van der Waals surface area (Å²) in [5.41, 5.74) is 3.76. The van der Waals surface area contributed by atoms with Crippen molar-refractivity contribution < 1.29 is 27.6 Å². The molecule has 0 saturated carbocycles. The highest BCUT2D eigenvalue weighted by Gasteiger charge is 2.14. The van der Waals surface area contributed by atoms with Gasteiger partial charge in [-0.25, -0.2) is 0 Å². The van der Waals surface area contributed by atoms with Crippen LogP contribution in [0.25, 0.3) is 10.8 Å². The van der Waals surface area contributed by atoms with Gasteiger partial charge in [-0.15, -0.1) is 10.2 Å².